The fourth-order valence-corrected chi connectivity index (χ4v) is 3.39. The maximum absolute atomic E-state index is 12.6. The number of ether oxygens (including phenoxy) is 3. The number of fused-ring (bicyclic) bond motifs is 2. The SMILES string of the molecule is COc1ccc(C(=O)COc2ccc3nc4n(c(=O)c3c2)CCC4)cc1OC. The van der Waals surface area contributed by atoms with Crippen LogP contribution in [-0.2, 0) is 13.0 Å². The Morgan fingerprint density at radius 1 is 1.11 bits per heavy atom. The molecule has 0 radical (unpaired) electrons. The molecular weight excluding hydrogens is 360 g/mol. The van der Waals surface area contributed by atoms with E-state index >= 15 is 0 Å². The highest BCUT2D eigenvalue weighted by molar-refractivity contribution is 5.98. The van der Waals surface area contributed by atoms with Crippen LogP contribution >= 0.6 is 0 Å². The van der Waals surface area contributed by atoms with Crippen LogP contribution in [-0.4, -0.2) is 36.2 Å². The first-order valence-electron chi connectivity index (χ1n) is 9.02. The molecule has 0 N–H and O–H groups in total. The van der Waals surface area contributed by atoms with E-state index in [-0.39, 0.29) is 17.9 Å². The molecule has 7 heteroatoms. The first-order valence-corrected chi connectivity index (χ1v) is 9.02. The van der Waals surface area contributed by atoms with Gasteiger partial charge in [0.15, 0.2) is 23.9 Å². The highest BCUT2D eigenvalue weighted by atomic mass is 16.5. The van der Waals surface area contributed by atoms with Gasteiger partial charge in [-0.1, -0.05) is 0 Å². The summed E-state index contributed by atoms with van der Waals surface area (Å²) < 4.78 is 17.8. The molecule has 1 aromatic heterocycles. The third-order valence-corrected chi connectivity index (χ3v) is 4.86. The lowest BCUT2D eigenvalue weighted by atomic mass is 10.1. The van der Waals surface area contributed by atoms with E-state index in [4.69, 9.17) is 14.2 Å². The number of carbonyl (C=O) groups excluding carboxylic acids is 1. The quantitative estimate of drug-likeness (QED) is 0.612. The number of nitrogens with zero attached hydrogens (tertiary/aromatic N) is 2. The smallest absolute Gasteiger partial charge is 0.261 e. The van der Waals surface area contributed by atoms with Gasteiger partial charge in [-0.3, -0.25) is 14.2 Å². The van der Waals surface area contributed by atoms with Crippen molar-refractivity contribution >= 4 is 16.7 Å². The van der Waals surface area contributed by atoms with Gasteiger partial charge in [-0.2, -0.15) is 0 Å². The number of carbonyl (C=O) groups is 1. The van der Waals surface area contributed by atoms with E-state index in [1.807, 2.05) is 0 Å². The predicted molar refractivity (Wildman–Crippen MR) is 104 cm³/mol. The van der Waals surface area contributed by atoms with E-state index < -0.39 is 0 Å². The Morgan fingerprint density at radius 2 is 1.93 bits per heavy atom. The molecule has 4 rings (SSSR count). The summed E-state index contributed by atoms with van der Waals surface area (Å²) in [6.45, 7) is 0.542. The van der Waals surface area contributed by atoms with Gasteiger partial charge in [0.1, 0.15) is 11.6 Å². The third kappa shape index (κ3) is 3.19. The van der Waals surface area contributed by atoms with Gasteiger partial charge >= 0.3 is 0 Å². The van der Waals surface area contributed by atoms with Gasteiger partial charge in [-0.05, 0) is 42.8 Å². The maximum atomic E-state index is 12.6. The van der Waals surface area contributed by atoms with Crippen molar-refractivity contribution in [2.45, 2.75) is 19.4 Å². The fraction of sp³-hybridized carbons (Fsp3) is 0.286. The summed E-state index contributed by atoms with van der Waals surface area (Å²) in [6.07, 6.45) is 1.75. The van der Waals surface area contributed by atoms with Crippen molar-refractivity contribution in [3.63, 3.8) is 0 Å². The summed E-state index contributed by atoms with van der Waals surface area (Å²) in [5.74, 6) is 2.11. The van der Waals surface area contributed by atoms with Crippen LogP contribution in [0, 0.1) is 0 Å². The lowest BCUT2D eigenvalue weighted by Gasteiger charge is -2.10. The Bertz CT molecular complexity index is 1120. The van der Waals surface area contributed by atoms with Crippen LogP contribution in [0.15, 0.2) is 41.2 Å². The summed E-state index contributed by atoms with van der Waals surface area (Å²) in [5, 5.41) is 0.502. The predicted octanol–water partition coefficient (Wildman–Crippen LogP) is 2.62. The number of ketones is 1. The molecule has 144 valence electrons. The lowest BCUT2D eigenvalue weighted by molar-refractivity contribution is 0.0921. The number of Topliss-reactive ketones (excluding diaryl/α,β-unsaturated/α-hetero) is 1. The van der Waals surface area contributed by atoms with E-state index in [1.54, 1.807) is 41.0 Å². The van der Waals surface area contributed by atoms with E-state index in [1.165, 1.54) is 14.2 Å². The summed E-state index contributed by atoms with van der Waals surface area (Å²) in [5.41, 5.74) is 1.05. The summed E-state index contributed by atoms with van der Waals surface area (Å²) >= 11 is 0. The van der Waals surface area contributed by atoms with E-state index in [2.05, 4.69) is 4.98 Å². The molecule has 0 fully saturated rings. The summed E-state index contributed by atoms with van der Waals surface area (Å²) in [7, 11) is 3.05. The number of methoxy groups -OCH3 is 2. The van der Waals surface area contributed by atoms with Gasteiger partial charge in [0.05, 0.1) is 25.1 Å². The number of aromatic nitrogens is 2. The second-order valence-corrected chi connectivity index (χ2v) is 6.55. The van der Waals surface area contributed by atoms with Crippen molar-refractivity contribution in [1.29, 1.82) is 0 Å². The second-order valence-electron chi connectivity index (χ2n) is 6.55. The molecule has 0 bridgehead atoms. The Hall–Kier alpha value is -3.35. The van der Waals surface area contributed by atoms with Crippen molar-refractivity contribution in [2.75, 3.05) is 20.8 Å². The van der Waals surface area contributed by atoms with Gasteiger partial charge in [0.25, 0.3) is 5.56 Å². The van der Waals surface area contributed by atoms with Gasteiger partial charge < -0.3 is 14.2 Å². The molecule has 1 aliphatic heterocycles. The van der Waals surface area contributed by atoms with E-state index in [0.717, 1.165) is 18.7 Å². The third-order valence-electron chi connectivity index (χ3n) is 4.86. The van der Waals surface area contributed by atoms with Crippen LogP contribution in [0.1, 0.15) is 22.6 Å². The molecule has 0 saturated carbocycles. The molecule has 0 amide bonds. The molecule has 1 aliphatic rings. The Kier molecular flexibility index (Phi) is 4.73. The average Bonchev–Trinajstić information content (AvgIpc) is 3.20. The van der Waals surface area contributed by atoms with Crippen LogP contribution in [0.2, 0.25) is 0 Å². The normalized spacial score (nSPS) is 12.6. The van der Waals surface area contributed by atoms with Crippen molar-refractivity contribution in [3.8, 4) is 17.2 Å². The maximum Gasteiger partial charge on any atom is 0.261 e. The van der Waals surface area contributed by atoms with Crippen molar-refractivity contribution in [1.82, 2.24) is 9.55 Å². The van der Waals surface area contributed by atoms with Crippen molar-refractivity contribution < 1.29 is 19.0 Å². The van der Waals surface area contributed by atoms with Gasteiger partial charge in [-0.25, -0.2) is 4.98 Å². The monoisotopic (exact) mass is 380 g/mol. The van der Waals surface area contributed by atoms with E-state index in [0.29, 0.717) is 40.3 Å². The highest BCUT2D eigenvalue weighted by Crippen LogP contribution is 2.28. The Morgan fingerprint density at radius 3 is 2.71 bits per heavy atom. The van der Waals surface area contributed by atoms with E-state index in [9.17, 15) is 9.59 Å². The first-order chi connectivity index (χ1) is 13.6. The molecule has 0 atom stereocenters. The summed E-state index contributed by atoms with van der Waals surface area (Å²) in [6, 6.07) is 10.1. The van der Waals surface area contributed by atoms with Gasteiger partial charge in [-0.15, -0.1) is 0 Å². The Balaban J connectivity index is 1.54. The molecular formula is C21H20N2O5. The van der Waals surface area contributed by atoms with Crippen LogP contribution in [0.25, 0.3) is 10.9 Å². The molecule has 28 heavy (non-hydrogen) atoms. The van der Waals surface area contributed by atoms with Crippen LogP contribution in [0.5, 0.6) is 17.2 Å². The minimum absolute atomic E-state index is 0.0610. The fourth-order valence-electron chi connectivity index (χ4n) is 3.39. The van der Waals surface area contributed by atoms with Crippen molar-refractivity contribution in [2.24, 2.45) is 0 Å². The highest BCUT2D eigenvalue weighted by Gasteiger charge is 2.17. The van der Waals surface area contributed by atoms with Crippen LogP contribution in [0.3, 0.4) is 0 Å². The first kappa shape index (κ1) is 18.0. The number of aryl methyl sites for hydroxylation is 1. The molecule has 0 unspecified atom stereocenters. The number of rotatable bonds is 6. The molecule has 2 aromatic carbocycles. The zero-order chi connectivity index (χ0) is 19.7. The topological polar surface area (TPSA) is 79.7 Å². The summed E-state index contributed by atoms with van der Waals surface area (Å²) in [4.78, 5) is 29.7. The standard InChI is InChI=1S/C21H20N2O5/c1-26-18-8-5-13(10-19(18)27-2)17(24)12-28-14-6-7-16-15(11-14)21(25)23-9-3-4-20(23)22-16/h5-8,10-11H,3-4,9,12H2,1-2H3. The zero-order valence-corrected chi connectivity index (χ0v) is 15.7. The van der Waals surface area contributed by atoms with Crippen LogP contribution < -0.4 is 19.8 Å². The molecule has 7 nitrogen and oxygen atoms in total. The molecule has 3 aromatic rings. The average molecular weight is 380 g/mol. The number of hydrogen-bond acceptors (Lipinski definition) is 6. The number of benzene rings is 2. The lowest BCUT2D eigenvalue weighted by Crippen LogP contribution is -2.21. The van der Waals surface area contributed by atoms with Crippen molar-refractivity contribution in [3.05, 3.63) is 58.1 Å². The molecule has 0 aliphatic carbocycles. The van der Waals surface area contributed by atoms with Crippen LogP contribution in [0.4, 0.5) is 0 Å². The minimum atomic E-state index is -0.204. The molecule has 0 saturated heterocycles. The minimum Gasteiger partial charge on any atom is -0.493 e. The zero-order valence-electron chi connectivity index (χ0n) is 15.7. The molecule has 2 heterocycles. The van der Waals surface area contributed by atoms with Gasteiger partial charge in [0, 0.05) is 18.5 Å². The molecule has 0 spiro atoms. The second kappa shape index (κ2) is 7.34. The van der Waals surface area contributed by atoms with Gasteiger partial charge in [0.2, 0.25) is 0 Å². The largest absolute Gasteiger partial charge is 0.493 e. The number of hydrogen-bond donors (Lipinski definition) is 0. The Labute approximate surface area is 161 Å².